The Labute approximate surface area is 96.8 Å². The van der Waals surface area contributed by atoms with Gasteiger partial charge >= 0.3 is 0 Å². The number of hydrogen-bond donors (Lipinski definition) is 2. The molecule has 0 bridgehead atoms. The van der Waals surface area contributed by atoms with E-state index >= 15 is 0 Å². The summed E-state index contributed by atoms with van der Waals surface area (Å²) in [6.07, 6.45) is 0. The molecule has 17 heavy (non-hydrogen) atoms. The number of benzene rings is 1. The molecular weight excluding hydrogens is 233 g/mol. The highest BCUT2D eigenvalue weighted by Gasteiger charge is 2.27. The summed E-state index contributed by atoms with van der Waals surface area (Å²) >= 11 is 0. The van der Waals surface area contributed by atoms with Crippen LogP contribution in [0.15, 0.2) is 18.2 Å². The fraction of sp³-hybridized carbons (Fsp3) is 0.364. The summed E-state index contributed by atoms with van der Waals surface area (Å²) < 4.78 is 38.5. The van der Waals surface area contributed by atoms with E-state index in [4.69, 9.17) is 5.73 Å². The smallest absolute Gasteiger partial charge is 0.277 e. The first-order chi connectivity index (χ1) is 7.85. The van der Waals surface area contributed by atoms with Crippen molar-refractivity contribution in [3.05, 3.63) is 35.1 Å². The lowest BCUT2D eigenvalue weighted by atomic mass is 10.1. The fourth-order valence-corrected chi connectivity index (χ4v) is 1.22. The second-order valence-corrected chi connectivity index (χ2v) is 3.70. The number of alkyl halides is 2. The zero-order chi connectivity index (χ0) is 13.1. The molecule has 94 valence electrons. The third kappa shape index (κ3) is 3.74. The van der Waals surface area contributed by atoms with Crippen LogP contribution in [0.4, 0.5) is 13.2 Å². The largest absolute Gasteiger partial charge is 0.346 e. The van der Waals surface area contributed by atoms with E-state index in [9.17, 15) is 18.0 Å². The summed E-state index contributed by atoms with van der Waals surface area (Å²) in [5.74, 6) is -4.49. The number of hydrogen-bond acceptors (Lipinski definition) is 2. The van der Waals surface area contributed by atoms with Crippen LogP contribution in [0.2, 0.25) is 0 Å². The Morgan fingerprint density at radius 1 is 1.47 bits per heavy atom. The van der Waals surface area contributed by atoms with Crippen LogP contribution in [0.5, 0.6) is 0 Å². The number of amides is 1. The SMILES string of the molecule is Cc1ccc(F)cc1C(=O)NCC(F)(F)CN. The predicted molar refractivity (Wildman–Crippen MR) is 57.5 cm³/mol. The molecule has 1 rings (SSSR count). The normalized spacial score (nSPS) is 11.4. The summed E-state index contributed by atoms with van der Waals surface area (Å²) in [6, 6.07) is 3.61. The van der Waals surface area contributed by atoms with Gasteiger partial charge in [-0.25, -0.2) is 13.2 Å². The first kappa shape index (κ1) is 13.5. The number of aryl methyl sites for hydroxylation is 1. The third-order valence-corrected chi connectivity index (χ3v) is 2.25. The van der Waals surface area contributed by atoms with Crippen LogP contribution in [0.3, 0.4) is 0 Å². The number of carbonyl (C=O) groups is 1. The van der Waals surface area contributed by atoms with Crippen molar-refractivity contribution in [1.82, 2.24) is 5.32 Å². The maximum atomic E-state index is 12.9. The molecule has 3 N–H and O–H groups in total. The molecule has 1 amide bonds. The second kappa shape index (κ2) is 5.18. The van der Waals surface area contributed by atoms with Gasteiger partial charge in [-0.3, -0.25) is 4.79 Å². The van der Waals surface area contributed by atoms with Gasteiger partial charge in [0.2, 0.25) is 0 Å². The Bertz CT molecular complexity index is 421. The molecule has 1 aromatic rings. The van der Waals surface area contributed by atoms with Gasteiger partial charge in [-0.15, -0.1) is 0 Å². The van der Waals surface area contributed by atoms with Gasteiger partial charge in [0.25, 0.3) is 11.8 Å². The van der Waals surface area contributed by atoms with Crippen molar-refractivity contribution in [3.63, 3.8) is 0 Å². The molecular formula is C11H13F3N2O. The van der Waals surface area contributed by atoms with Gasteiger partial charge in [-0.2, -0.15) is 0 Å². The highest BCUT2D eigenvalue weighted by Crippen LogP contribution is 2.12. The Hall–Kier alpha value is -1.56. The van der Waals surface area contributed by atoms with Gasteiger partial charge in [0.15, 0.2) is 0 Å². The molecule has 6 heteroatoms. The van der Waals surface area contributed by atoms with Gasteiger partial charge in [-0.05, 0) is 24.6 Å². The molecule has 0 aromatic heterocycles. The molecule has 1 aromatic carbocycles. The molecule has 0 atom stereocenters. The monoisotopic (exact) mass is 246 g/mol. The summed E-state index contributed by atoms with van der Waals surface area (Å²) in [7, 11) is 0. The lowest BCUT2D eigenvalue weighted by Crippen LogP contribution is -2.41. The Morgan fingerprint density at radius 2 is 2.12 bits per heavy atom. The summed E-state index contributed by atoms with van der Waals surface area (Å²) in [4.78, 5) is 11.5. The highest BCUT2D eigenvalue weighted by atomic mass is 19.3. The lowest BCUT2D eigenvalue weighted by Gasteiger charge is -2.15. The van der Waals surface area contributed by atoms with Crippen LogP contribution < -0.4 is 11.1 Å². The van der Waals surface area contributed by atoms with E-state index in [1.165, 1.54) is 12.1 Å². The Kier molecular flexibility index (Phi) is 4.11. The van der Waals surface area contributed by atoms with Crippen molar-refractivity contribution in [1.29, 1.82) is 0 Å². The van der Waals surface area contributed by atoms with Crippen molar-refractivity contribution < 1.29 is 18.0 Å². The minimum absolute atomic E-state index is 0.0396. The van der Waals surface area contributed by atoms with E-state index in [0.29, 0.717) is 5.56 Å². The molecule has 0 aliphatic carbocycles. The van der Waals surface area contributed by atoms with E-state index in [1.54, 1.807) is 6.92 Å². The lowest BCUT2D eigenvalue weighted by molar-refractivity contribution is 0.0118. The average molecular weight is 246 g/mol. The van der Waals surface area contributed by atoms with E-state index in [1.807, 2.05) is 5.32 Å². The van der Waals surface area contributed by atoms with Gasteiger partial charge in [0.05, 0.1) is 13.1 Å². The van der Waals surface area contributed by atoms with Gasteiger partial charge < -0.3 is 11.1 Å². The molecule has 0 saturated heterocycles. The number of carbonyl (C=O) groups excluding carboxylic acids is 1. The zero-order valence-electron chi connectivity index (χ0n) is 9.27. The number of rotatable bonds is 4. The molecule has 0 aliphatic rings. The average Bonchev–Trinajstić information content (AvgIpc) is 2.29. The second-order valence-electron chi connectivity index (χ2n) is 3.70. The number of nitrogens with one attached hydrogen (secondary N) is 1. The molecule has 0 radical (unpaired) electrons. The van der Waals surface area contributed by atoms with Crippen LogP contribution in [0.25, 0.3) is 0 Å². The molecule has 3 nitrogen and oxygen atoms in total. The molecule has 0 saturated carbocycles. The standard InChI is InChI=1S/C11H13F3N2O/c1-7-2-3-8(12)4-9(7)10(17)16-6-11(13,14)5-15/h2-4H,5-6,15H2,1H3,(H,16,17). The molecule has 0 heterocycles. The van der Waals surface area contributed by atoms with Crippen LogP contribution in [-0.4, -0.2) is 24.9 Å². The van der Waals surface area contributed by atoms with Crippen molar-refractivity contribution in [2.75, 3.05) is 13.1 Å². The minimum atomic E-state index is -3.16. The van der Waals surface area contributed by atoms with E-state index < -0.39 is 30.7 Å². The molecule has 0 fully saturated rings. The van der Waals surface area contributed by atoms with Crippen LogP contribution in [-0.2, 0) is 0 Å². The van der Waals surface area contributed by atoms with E-state index in [-0.39, 0.29) is 5.56 Å². The highest BCUT2D eigenvalue weighted by molar-refractivity contribution is 5.95. The summed E-state index contributed by atoms with van der Waals surface area (Å²) in [5, 5.41) is 2.02. The topological polar surface area (TPSA) is 55.1 Å². The van der Waals surface area contributed by atoms with Crippen molar-refractivity contribution in [3.8, 4) is 0 Å². The first-order valence-corrected chi connectivity index (χ1v) is 4.98. The molecule has 0 spiro atoms. The van der Waals surface area contributed by atoms with Gasteiger partial charge in [-0.1, -0.05) is 6.07 Å². The summed E-state index contributed by atoms with van der Waals surface area (Å²) in [5.41, 5.74) is 5.38. The van der Waals surface area contributed by atoms with Crippen LogP contribution in [0.1, 0.15) is 15.9 Å². The first-order valence-electron chi connectivity index (χ1n) is 4.98. The summed E-state index contributed by atoms with van der Waals surface area (Å²) in [6.45, 7) is -0.122. The maximum Gasteiger partial charge on any atom is 0.277 e. The van der Waals surface area contributed by atoms with Crippen molar-refractivity contribution >= 4 is 5.91 Å². The van der Waals surface area contributed by atoms with Crippen LogP contribution >= 0.6 is 0 Å². The zero-order valence-corrected chi connectivity index (χ0v) is 9.27. The Balaban J connectivity index is 2.74. The van der Waals surface area contributed by atoms with Gasteiger partial charge in [0, 0.05) is 5.56 Å². The third-order valence-electron chi connectivity index (χ3n) is 2.25. The Morgan fingerprint density at radius 3 is 2.71 bits per heavy atom. The number of nitrogens with two attached hydrogens (primary N) is 1. The molecule has 0 unspecified atom stereocenters. The van der Waals surface area contributed by atoms with Crippen LogP contribution in [0, 0.1) is 12.7 Å². The molecule has 0 aliphatic heterocycles. The van der Waals surface area contributed by atoms with Crippen molar-refractivity contribution in [2.24, 2.45) is 5.73 Å². The number of halogens is 3. The van der Waals surface area contributed by atoms with E-state index in [0.717, 1.165) is 6.07 Å². The predicted octanol–water partition coefficient (Wildman–Crippen LogP) is 1.46. The van der Waals surface area contributed by atoms with Gasteiger partial charge in [0.1, 0.15) is 5.82 Å². The maximum absolute atomic E-state index is 12.9. The quantitative estimate of drug-likeness (QED) is 0.845. The van der Waals surface area contributed by atoms with E-state index in [2.05, 4.69) is 0 Å². The minimum Gasteiger partial charge on any atom is -0.346 e. The van der Waals surface area contributed by atoms with Crippen molar-refractivity contribution in [2.45, 2.75) is 12.8 Å². The fourth-order valence-electron chi connectivity index (χ4n) is 1.22.